The number of rotatable bonds is 5. The molecule has 2 aliphatic rings. The fourth-order valence-electron chi connectivity index (χ4n) is 3.22. The van der Waals surface area contributed by atoms with Crippen molar-refractivity contribution in [3.05, 3.63) is 18.2 Å². The highest BCUT2D eigenvalue weighted by molar-refractivity contribution is 5.55. The van der Waals surface area contributed by atoms with Gasteiger partial charge < -0.3 is 19.9 Å². The van der Waals surface area contributed by atoms with Crippen LogP contribution in [0.2, 0.25) is 0 Å². The topological polar surface area (TPSA) is 50.7 Å². The number of nitrogens with one attached hydrogen (secondary N) is 1. The van der Waals surface area contributed by atoms with Crippen molar-refractivity contribution < 1.29 is 14.6 Å². The number of aliphatic hydroxyl groups is 1. The number of benzene rings is 1. The Morgan fingerprint density at radius 3 is 2.67 bits per heavy atom. The van der Waals surface area contributed by atoms with Gasteiger partial charge >= 0.3 is 0 Å². The molecule has 0 saturated heterocycles. The smallest absolute Gasteiger partial charge is 0.163 e. The first kappa shape index (κ1) is 14.5. The first-order valence-corrected chi connectivity index (χ1v) is 8.13. The van der Waals surface area contributed by atoms with Crippen LogP contribution in [0.15, 0.2) is 18.2 Å². The van der Waals surface area contributed by atoms with Crippen LogP contribution in [0.5, 0.6) is 11.5 Å². The third kappa shape index (κ3) is 4.03. The van der Waals surface area contributed by atoms with Crippen LogP contribution >= 0.6 is 0 Å². The van der Waals surface area contributed by atoms with Crippen molar-refractivity contribution in [2.75, 3.05) is 25.1 Å². The molecule has 1 aromatic rings. The Labute approximate surface area is 126 Å². The summed E-state index contributed by atoms with van der Waals surface area (Å²) in [5.74, 6) is 2.32. The van der Waals surface area contributed by atoms with Crippen LogP contribution in [0.25, 0.3) is 0 Å². The van der Waals surface area contributed by atoms with Gasteiger partial charge in [0, 0.05) is 24.7 Å². The summed E-state index contributed by atoms with van der Waals surface area (Å²) < 4.78 is 11.3. The first-order chi connectivity index (χ1) is 10.3. The van der Waals surface area contributed by atoms with Crippen LogP contribution in [-0.2, 0) is 0 Å². The molecular formula is C17H25NO3. The molecule has 0 bridgehead atoms. The monoisotopic (exact) mass is 291 g/mol. The van der Waals surface area contributed by atoms with Gasteiger partial charge in [-0.15, -0.1) is 0 Å². The molecule has 1 saturated carbocycles. The van der Waals surface area contributed by atoms with E-state index in [-0.39, 0.29) is 6.10 Å². The molecule has 0 radical (unpaired) electrons. The lowest BCUT2D eigenvalue weighted by Crippen LogP contribution is -2.22. The van der Waals surface area contributed by atoms with Gasteiger partial charge in [-0.2, -0.15) is 0 Å². The van der Waals surface area contributed by atoms with Gasteiger partial charge in [0.15, 0.2) is 11.5 Å². The summed E-state index contributed by atoms with van der Waals surface area (Å²) in [7, 11) is 0. The molecule has 0 spiro atoms. The second kappa shape index (κ2) is 7.03. The number of hydrogen-bond acceptors (Lipinski definition) is 4. The Hall–Kier alpha value is -1.42. The number of aliphatic hydroxyl groups excluding tert-OH is 1. The van der Waals surface area contributed by atoms with Crippen molar-refractivity contribution in [1.82, 2.24) is 0 Å². The SMILES string of the molecule is OC(CNc1ccc2c(c1)OCCCO2)CC1CCCC1. The molecule has 1 atom stereocenters. The fraction of sp³-hybridized carbons (Fsp3) is 0.647. The summed E-state index contributed by atoms with van der Waals surface area (Å²) in [4.78, 5) is 0. The summed E-state index contributed by atoms with van der Waals surface area (Å²) in [6.45, 7) is 2.00. The maximum Gasteiger partial charge on any atom is 0.163 e. The van der Waals surface area contributed by atoms with E-state index in [0.717, 1.165) is 30.0 Å². The van der Waals surface area contributed by atoms with E-state index in [1.165, 1.54) is 25.7 Å². The van der Waals surface area contributed by atoms with Crippen LogP contribution in [0.4, 0.5) is 5.69 Å². The molecule has 2 N–H and O–H groups in total. The van der Waals surface area contributed by atoms with Crippen LogP contribution < -0.4 is 14.8 Å². The molecule has 3 rings (SSSR count). The van der Waals surface area contributed by atoms with Crippen molar-refractivity contribution in [1.29, 1.82) is 0 Å². The lowest BCUT2D eigenvalue weighted by molar-refractivity contribution is 0.155. The first-order valence-electron chi connectivity index (χ1n) is 8.13. The quantitative estimate of drug-likeness (QED) is 0.874. The number of hydrogen-bond donors (Lipinski definition) is 2. The molecule has 1 fully saturated rings. The molecule has 1 unspecified atom stereocenters. The maximum atomic E-state index is 10.1. The summed E-state index contributed by atoms with van der Waals surface area (Å²) in [5.41, 5.74) is 0.977. The molecule has 1 heterocycles. The zero-order valence-corrected chi connectivity index (χ0v) is 12.5. The van der Waals surface area contributed by atoms with Crippen molar-refractivity contribution in [2.45, 2.75) is 44.6 Å². The molecule has 4 heteroatoms. The standard InChI is InChI=1S/C17H25NO3/c19-15(10-13-4-1-2-5-13)12-18-14-6-7-16-17(11-14)21-9-3-8-20-16/h6-7,11,13,15,18-19H,1-5,8-10,12H2. The zero-order chi connectivity index (χ0) is 14.5. The van der Waals surface area contributed by atoms with Gasteiger partial charge in [-0.3, -0.25) is 0 Å². The van der Waals surface area contributed by atoms with Crippen molar-refractivity contribution in [3.63, 3.8) is 0 Å². The van der Waals surface area contributed by atoms with E-state index < -0.39 is 0 Å². The van der Waals surface area contributed by atoms with Gasteiger partial charge in [-0.25, -0.2) is 0 Å². The molecule has 0 amide bonds. The van der Waals surface area contributed by atoms with Gasteiger partial charge in [0.25, 0.3) is 0 Å². The van der Waals surface area contributed by atoms with E-state index in [4.69, 9.17) is 9.47 Å². The third-order valence-corrected chi connectivity index (χ3v) is 4.37. The lowest BCUT2D eigenvalue weighted by atomic mass is 10.00. The van der Waals surface area contributed by atoms with Gasteiger partial charge in [0.1, 0.15) is 0 Å². The van der Waals surface area contributed by atoms with Crippen LogP contribution in [0.3, 0.4) is 0 Å². The normalized spacial score (nSPS) is 20.0. The minimum atomic E-state index is -0.274. The summed E-state index contributed by atoms with van der Waals surface area (Å²) in [6, 6.07) is 5.88. The van der Waals surface area contributed by atoms with E-state index in [1.807, 2.05) is 18.2 Å². The van der Waals surface area contributed by atoms with Crippen LogP contribution in [0.1, 0.15) is 38.5 Å². The molecule has 1 aliphatic heterocycles. The highest BCUT2D eigenvalue weighted by atomic mass is 16.5. The number of fused-ring (bicyclic) bond motifs is 1. The van der Waals surface area contributed by atoms with Crippen molar-refractivity contribution >= 4 is 5.69 Å². The minimum Gasteiger partial charge on any atom is -0.490 e. The summed E-state index contributed by atoms with van der Waals surface area (Å²) >= 11 is 0. The minimum absolute atomic E-state index is 0.274. The molecule has 0 aromatic heterocycles. The largest absolute Gasteiger partial charge is 0.490 e. The molecule has 1 aromatic carbocycles. The third-order valence-electron chi connectivity index (χ3n) is 4.37. The Bertz CT molecular complexity index is 457. The van der Waals surface area contributed by atoms with E-state index in [2.05, 4.69) is 5.32 Å². The van der Waals surface area contributed by atoms with Crippen LogP contribution in [0, 0.1) is 5.92 Å². The Balaban J connectivity index is 1.51. The maximum absolute atomic E-state index is 10.1. The van der Waals surface area contributed by atoms with Gasteiger partial charge in [-0.1, -0.05) is 25.7 Å². The van der Waals surface area contributed by atoms with E-state index in [9.17, 15) is 5.11 Å². The zero-order valence-electron chi connectivity index (χ0n) is 12.5. The molecule has 4 nitrogen and oxygen atoms in total. The summed E-state index contributed by atoms with van der Waals surface area (Å²) in [6.07, 6.45) is 6.76. The number of ether oxygens (including phenoxy) is 2. The highest BCUT2D eigenvalue weighted by Gasteiger charge is 2.18. The lowest BCUT2D eigenvalue weighted by Gasteiger charge is -2.17. The molecule has 21 heavy (non-hydrogen) atoms. The predicted octanol–water partition coefficient (Wildman–Crippen LogP) is 3.20. The van der Waals surface area contributed by atoms with Gasteiger partial charge in [0.05, 0.1) is 19.3 Å². The number of anilines is 1. The Kier molecular flexibility index (Phi) is 4.86. The van der Waals surface area contributed by atoms with Gasteiger partial charge in [-0.05, 0) is 24.5 Å². The highest BCUT2D eigenvalue weighted by Crippen LogP contribution is 2.32. The van der Waals surface area contributed by atoms with E-state index in [0.29, 0.717) is 25.7 Å². The van der Waals surface area contributed by atoms with Crippen molar-refractivity contribution in [2.24, 2.45) is 5.92 Å². The van der Waals surface area contributed by atoms with Crippen molar-refractivity contribution in [3.8, 4) is 11.5 Å². The average Bonchev–Trinajstić information content (AvgIpc) is 2.88. The fourth-order valence-corrected chi connectivity index (χ4v) is 3.22. The summed E-state index contributed by atoms with van der Waals surface area (Å²) in [5, 5.41) is 13.4. The van der Waals surface area contributed by atoms with E-state index in [1.54, 1.807) is 0 Å². The van der Waals surface area contributed by atoms with Crippen LogP contribution in [-0.4, -0.2) is 31.0 Å². The van der Waals surface area contributed by atoms with Gasteiger partial charge in [0.2, 0.25) is 0 Å². The molecule has 1 aliphatic carbocycles. The predicted molar refractivity (Wildman–Crippen MR) is 83.1 cm³/mol. The average molecular weight is 291 g/mol. The molecule has 116 valence electrons. The molecular weight excluding hydrogens is 266 g/mol. The Morgan fingerprint density at radius 1 is 1.10 bits per heavy atom. The Morgan fingerprint density at radius 2 is 1.86 bits per heavy atom. The van der Waals surface area contributed by atoms with E-state index >= 15 is 0 Å². The second-order valence-electron chi connectivity index (χ2n) is 6.13. The second-order valence-corrected chi connectivity index (χ2v) is 6.13.